The molecule has 0 unspecified atom stereocenters. The third-order valence-electron chi connectivity index (χ3n) is 2.32. The van der Waals surface area contributed by atoms with Gasteiger partial charge in [0.1, 0.15) is 17.1 Å². The molecular weight excluding hydrogens is 244 g/mol. The molecule has 0 bridgehead atoms. The number of esters is 1. The molecule has 0 N–H and O–H groups in total. The second-order valence-corrected chi connectivity index (χ2v) is 5.38. The van der Waals surface area contributed by atoms with Gasteiger partial charge in [-0.2, -0.15) is 0 Å². The minimum Gasteiger partial charge on any atom is -0.470 e. The van der Waals surface area contributed by atoms with E-state index >= 15 is 0 Å². The zero-order valence-electron chi connectivity index (χ0n) is 10.4. The van der Waals surface area contributed by atoms with Crippen molar-refractivity contribution in [1.29, 1.82) is 0 Å². The van der Waals surface area contributed by atoms with Gasteiger partial charge in [0.15, 0.2) is 6.79 Å². The zero-order chi connectivity index (χ0) is 13.1. The van der Waals surface area contributed by atoms with E-state index in [0.717, 1.165) is 11.8 Å². The van der Waals surface area contributed by atoms with E-state index < -0.39 is 4.75 Å². The minimum absolute atomic E-state index is 0.0641. The van der Waals surface area contributed by atoms with E-state index in [1.165, 1.54) is 14.0 Å². The summed E-state index contributed by atoms with van der Waals surface area (Å²) in [7, 11) is 1.50. The van der Waals surface area contributed by atoms with E-state index in [-0.39, 0.29) is 24.5 Å². The Morgan fingerprint density at radius 1 is 1.47 bits per heavy atom. The average Bonchev–Trinajstić information content (AvgIpc) is 2.46. The van der Waals surface area contributed by atoms with Crippen molar-refractivity contribution in [3.05, 3.63) is 11.3 Å². The number of carbonyl (C=O) groups is 2. The van der Waals surface area contributed by atoms with Gasteiger partial charge in [0, 0.05) is 19.6 Å². The Morgan fingerprint density at radius 2 is 2.12 bits per heavy atom. The number of thioether (sulfide) groups is 1. The van der Waals surface area contributed by atoms with E-state index in [1.807, 2.05) is 0 Å². The van der Waals surface area contributed by atoms with Crippen molar-refractivity contribution in [2.24, 2.45) is 0 Å². The van der Waals surface area contributed by atoms with E-state index in [9.17, 15) is 9.59 Å². The van der Waals surface area contributed by atoms with Gasteiger partial charge in [-0.15, -0.1) is 0 Å². The number of methoxy groups -OCH3 is 1. The smallest absolute Gasteiger partial charge is 0.302 e. The maximum absolute atomic E-state index is 11.7. The zero-order valence-corrected chi connectivity index (χ0v) is 11.2. The molecule has 1 aliphatic rings. The van der Waals surface area contributed by atoms with Crippen LogP contribution in [0.5, 0.6) is 0 Å². The maximum Gasteiger partial charge on any atom is 0.302 e. The van der Waals surface area contributed by atoms with Gasteiger partial charge in [-0.1, -0.05) is 11.8 Å². The van der Waals surface area contributed by atoms with Gasteiger partial charge in [-0.05, 0) is 13.8 Å². The van der Waals surface area contributed by atoms with E-state index in [4.69, 9.17) is 14.2 Å². The van der Waals surface area contributed by atoms with Crippen molar-refractivity contribution < 1.29 is 23.8 Å². The SMILES string of the molecule is COCOC1=C(C)C(=O)S[C@]1(C)COC(C)=O. The predicted octanol–water partition coefficient (Wildman–Crippen LogP) is 1.48. The first-order valence-corrected chi connectivity index (χ1v) is 5.92. The van der Waals surface area contributed by atoms with Gasteiger partial charge in [0.25, 0.3) is 0 Å². The second-order valence-electron chi connectivity index (χ2n) is 3.91. The summed E-state index contributed by atoms with van der Waals surface area (Å²) < 4.78 is 14.5. The monoisotopic (exact) mass is 260 g/mol. The van der Waals surface area contributed by atoms with Crippen LogP contribution in [0.2, 0.25) is 0 Å². The Bertz CT molecular complexity index is 363. The van der Waals surface area contributed by atoms with Crippen LogP contribution in [-0.2, 0) is 23.8 Å². The molecule has 1 aliphatic heterocycles. The van der Waals surface area contributed by atoms with Crippen molar-refractivity contribution in [1.82, 2.24) is 0 Å². The first-order chi connectivity index (χ1) is 7.90. The Morgan fingerprint density at radius 3 is 2.65 bits per heavy atom. The van der Waals surface area contributed by atoms with Crippen LogP contribution in [0.15, 0.2) is 11.3 Å². The second kappa shape index (κ2) is 5.55. The quantitative estimate of drug-likeness (QED) is 0.551. The molecule has 0 fully saturated rings. The molecule has 1 rings (SSSR count). The fourth-order valence-electron chi connectivity index (χ4n) is 1.53. The molecule has 0 radical (unpaired) electrons. The van der Waals surface area contributed by atoms with Gasteiger partial charge in [0.2, 0.25) is 5.12 Å². The molecule has 17 heavy (non-hydrogen) atoms. The summed E-state index contributed by atoms with van der Waals surface area (Å²) in [6.07, 6.45) is 0. The van der Waals surface area contributed by atoms with E-state index in [2.05, 4.69) is 0 Å². The van der Waals surface area contributed by atoms with E-state index in [1.54, 1.807) is 13.8 Å². The molecular formula is C11H16O5S. The summed E-state index contributed by atoms with van der Waals surface area (Å²) in [6, 6.07) is 0. The van der Waals surface area contributed by atoms with Crippen molar-refractivity contribution >= 4 is 22.8 Å². The predicted molar refractivity (Wildman–Crippen MR) is 63.3 cm³/mol. The van der Waals surface area contributed by atoms with Crippen LogP contribution >= 0.6 is 11.8 Å². The largest absolute Gasteiger partial charge is 0.470 e. The molecule has 0 amide bonds. The molecule has 1 heterocycles. The Hall–Kier alpha value is -1.01. The number of rotatable bonds is 5. The fraction of sp³-hybridized carbons (Fsp3) is 0.636. The van der Waals surface area contributed by atoms with Crippen LogP contribution in [0.1, 0.15) is 20.8 Å². The lowest BCUT2D eigenvalue weighted by Gasteiger charge is -2.25. The van der Waals surface area contributed by atoms with Crippen LogP contribution in [0, 0.1) is 0 Å². The van der Waals surface area contributed by atoms with Crippen molar-refractivity contribution in [3.8, 4) is 0 Å². The molecule has 0 aliphatic carbocycles. The summed E-state index contributed by atoms with van der Waals surface area (Å²) in [4.78, 5) is 22.5. The number of hydrogen-bond acceptors (Lipinski definition) is 6. The molecule has 0 saturated heterocycles. The molecule has 96 valence electrons. The minimum atomic E-state index is -0.661. The highest BCUT2D eigenvalue weighted by Gasteiger charge is 2.44. The fourth-order valence-corrected chi connectivity index (χ4v) is 2.61. The standard InChI is InChI=1S/C11H16O5S/c1-7-9(16-6-14-4)11(3,17-10(7)13)5-15-8(2)12/h5-6H2,1-4H3/t11-/m1/s1. The summed E-state index contributed by atoms with van der Waals surface area (Å²) >= 11 is 1.11. The number of hydrogen-bond donors (Lipinski definition) is 0. The van der Waals surface area contributed by atoms with Crippen LogP contribution in [-0.4, -0.2) is 36.3 Å². The van der Waals surface area contributed by atoms with Crippen molar-refractivity contribution in [2.75, 3.05) is 20.5 Å². The van der Waals surface area contributed by atoms with Gasteiger partial charge in [0.05, 0.1) is 0 Å². The summed E-state index contributed by atoms with van der Waals surface area (Å²) in [5, 5.41) is -0.0641. The van der Waals surface area contributed by atoms with Crippen LogP contribution in [0.3, 0.4) is 0 Å². The number of ether oxygens (including phenoxy) is 3. The van der Waals surface area contributed by atoms with Gasteiger partial charge < -0.3 is 14.2 Å². The molecule has 6 heteroatoms. The molecule has 5 nitrogen and oxygen atoms in total. The van der Waals surface area contributed by atoms with Crippen LogP contribution in [0.25, 0.3) is 0 Å². The highest BCUT2D eigenvalue weighted by molar-refractivity contribution is 8.15. The highest BCUT2D eigenvalue weighted by Crippen LogP contribution is 2.44. The lowest BCUT2D eigenvalue weighted by molar-refractivity contribution is -0.141. The molecule has 0 aromatic rings. The third-order valence-corrected chi connectivity index (χ3v) is 3.56. The van der Waals surface area contributed by atoms with Crippen molar-refractivity contribution in [3.63, 3.8) is 0 Å². The maximum atomic E-state index is 11.7. The number of carbonyl (C=O) groups excluding carboxylic acids is 2. The molecule has 0 aromatic heterocycles. The third kappa shape index (κ3) is 3.23. The Balaban J connectivity index is 2.83. The van der Waals surface area contributed by atoms with Crippen molar-refractivity contribution in [2.45, 2.75) is 25.5 Å². The molecule has 0 aromatic carbocycles. The van der Waals surface area contributed by atoms with Gasteiger partial charge >= 0.3 is 5.97 Å². The molecule has 0 saturated carbocycles. The summed E-state index contributed by atoms with van der Waals surface area (Å²) in [5.74, 6) is 0.144. The highest BCUT2D eigenvalue weighted by atomic mass is 32.2. The first-order valence-electron chi connectivity index (χ1n) is 5.10. The lowest BCUT2D eigenvalue weighted by atomic mass is 10.1. The van der Waals surface area contributed by atoms with E-state index in [0.29, 0.717) is 11.3 Å². The van der Waals surface area contributed by atoms with Gasteiger partial charge in [-0.25, -0.2) is 0 Å². The first kappa shape index (κ1) is 14.1. The van der Waals surface area contributed by atoms with Crippen LogP contribution < -0.4 is 0 Å². The lowest BCUT2D eigenvalue weighted by Crippen LogP contribution is -2.30. The Labute approximate surface area is 104 Å². The molecule has 0 spiro atoms. The summed E-state index contributed by atoms with van der Waals surface area (Å²) in [6.45, 7) is 5.00. The summed E-state index contributed by atoms with van der Waals surface area (Å²) in [5.41, 5.74) is 0.543. The topological polar surface area (TPSA) is 61.8 Å². The average molecular weight is 260 g/mol. The molecule has 1 atom stereocenters. The normalized spacial score (nSPS) is 24.1. The van der Waals surface area contributed by atoms with Gasteiger partial charge in [-0.3, -0.25) is 9.59 Å². The Kier molecular flexibility index (Phi) is 4.59. The van der Waals surface area contributed by atoms with Crippen LogP contribution in [0.4, 0.5) is 0 Å².